The highest BCUT2D eigenvalue weighted by Gasteiger charge is 2.34. The van der Waals surface area contributed by atoms with E-state index in [1.54, 1.807) is 4.90 Å². The number of fused-ring (bicyclic) bond motifs is 1. The van der Waals surface area contributed by atoms with Crippen molar-refractivity contribution < 1.29 is 22.8 Å². The summed E-state index contributed by atoms with van der Waals surface area (Å²) in [7, 11) is 0. The second-order valence-electron chi connectivity index (χ2n) is 5.89. The lowest BCUT2D eigenvalue weighted by Gasteiger charge is -2.20. The molecule has 7 nitrogen and oxygen atoms in total. The number of rotatable bonds is 4. The molecule has 134 valence electrons. The van der Waals surface area contributed by atoms with Crippen LogP contribution >= 0.6 is 0 Å². The molecule has 0 aliphatic carbocycles. The summed E-state index contributed by atoms with van der Waals surface area (Å²) >= 11 is 0. The van der Waals surface area contributed by atoms with Crippen LogP contribution in [0.15, 0.2) is 18.2 Å². The van der Waals surface area contributed by atoms with E-state index in [0.29, 0.717) is 18.7 Å². The van der Waals surface area contributed by atoms with Crippen molar-refractivity contribution in [3.05, 3.63) is 24.0 Å². The van der Waals surface area contributed by atoms with Gasteiger partial charge in [0.05, 0.1) is 23.6 Å². The van der Waals surface area contributed by atoms with Gasteiger partial charge in [-0.2, -0.15) is 13.2 Å². The third-order valence-electron chi connectivity index (χ3n) is 4.07. The quantitative estimate of drug-likeness (QED) is 0.772. The molecule has 0 spiro atoms. The van der Waals surface area contributed by atoms with E-state index in [4.69, 9.17) is 5.73 Å². The number of likely N-dealkylation sites (tertiary alicyclic amines) is 1. The Labute approximate surface area is 140 Å². The summed E-state index contributed by atoms with van der Waals surface area (Å²) in [5, 5.41) is 2.61. The van der Waals surface area contributed by atoms with Crippen molar-refractivity contribution in [2.45, 2.75) is 25.1 Å². The Hall–Kier alpha value is -2.62. The van der Waals surface area contributed by atoms with Crippen molar-refractivity contribution in [3.8, 4) is 0 Å². The minimum Gasteiger partial charge on any atom is -0.368 e. The number of alkyl halides is 3. The summed E-state index contributed by atoms with van der Waals surface area (Å²) in [6.45, 7) is 0.581. The Morgan fingerprint density at radius 1 is 1.40 bits per heavy atom. The zero-order chi connectivity index (χ0) is 18.2. The number of hydrogen-bond acceptors (Lipinski definition) is 4. The van der Waals surface area contributed by atoms with Gasteiger partial charge in [0.25, 0.3) is 0 Å². The van der Waals surface area contributed by atoms with Crippen LogP contribution in [0.2, 0.25) is 0 Å². The van der Waals surface area contributed by atoms with Gasteiger partial charge in [0.1, 0.15) is 0 Å². The van der Waals surface area contributed by atoms with Gasteiger partial charge >= 0.3 is 6.18 Å². The third-order valence-corrected chi connectivity index (χ3v) is 4.07. The van der Waals surface area contributed by atoms with Crippen LogP contribution in [0.3, 0.4) is 0 Å². The molecule has 2 aromatic rings. The topological polar surface area (TPSA) is 104 Å². The van der Waals surface area contributed by atoms with Crippen molar-refractivity contribution in [3.63, 3.8) is 0 Å². The summed E-state index contributed by atoms with van der Waals surface area (Å²) in [6, 6.07) is 3.77. The van der Waals surface area contributed by atoms with E-state index in [2.05, 4.69) is 15.3 Å². The Morgan fingerprint density at radius 2 is 2.16 bits per heavy atom. The van der Waals surface area contributed by atoms with Crippen LogP contribution in [0.4, 0.5) is 18.9 Å². The van der Waals surface area contributed by atoms with Crippen LogP contribution in [0.25, 0.3) is 11.0 Å². The number of aromatic nitrogens is 2. The van der Waals surface area contributed by atoms with Gasteiger partial charge in [-0.25, -0.2) is 4.98 Å². The number of anilines is 1. The van der Waals surface area contributed by atoms with Crippen molar-refractivity contribution in [1.29, 1.82) is 0 Å². The number of carbonyl (C=O) groups excluding carboxylic acids is 2. The van der Waals surface area contributed by atoms with Crippen molar-refractivity contribution in [2.75, 3.05) is 18.4 Å². The summed E-state index contributed by atoms with van der Waals surface area (Å²) < 4.78 is 38.0. The molecule has 1 atom stereocenters. The number of amides is 2. The normalized spacial score (nSPS) is 18.6. The first-order valence-corrected chi connectivity index (χ1v) is 7.64. The van der Waals surface area contributed by atoms with Gasteiger partial charge in [-0.3, -0.25) is 14.5 Å². The monoisotopic (exact) mass is 355 g/mol. The third kappa shape index (κ3) is 3.73. The van der Waals surface area contributed by atoms with E-state index in [1.807, 2.05) is 0 Å². The molecule has 4 N–H and O–H groups in total. The first kappa shape index (κ1) is 17.2. The maximum Gasteiger partial charge on any atom is 0.449 e. The van der Waals surface area contributed by atoms with Crippen LogP contribution in [0.1, 0.15) is 18.7 Å². The Morgan fingerprint density at radius 3 is 2.84 bits per heavy atom. The lowest BCUT2D eigenvalue weighted by Crippen LogP contribution is -2.43. The Kier molecular flexibility index (Phi) is 4.38. The Bertz CT molecular complexity index is 817. The zero-order valence-electron chi connectivity index (χ0n) is 13.1. The molecule has 0 radical (unpaired) electrons. The van der Waals surface area contributed by atoms with Crippen LogP contribution in [-0.4, -0.2) is 45.8 Å². The number of H-pyrrole nitrogens is 1. The molecular formula is C15H16F3N5O2. The second kappa shape index (κ2) is 6.36. The van der Waals surface area contributed by atoms with Crippen LogP contribution in [0, 0.1) is 0 Å². The highest BCUT2D eigenvalue weighted by atomic mass is 19.4. The van der Waals surface area contributed by atoms with Crippen LogP contribution < -0.4 is 11.1 Å². The molecular weight excluding hydrogens is 339 g/mol. The number of carbonyl (C=O) groups is 2. The molecule has 1 aromatic carbocycles. The summed E-state index contributed by atoms with van der Waals surface area (Å²) in [5.74, 6) is -1.93. The molecule has 1 unspecified atom stereocenters. The maximum absolute atomic E-state index is 12.7. The van der Waals surface area contributed by atoms with E-state index < -0.39 is 23.9 Å². The van der Waals surface area contributed by atoms with Crippen LogP contribution in [-0.2, 0) is 15.8 Å². The lowest BCUT2D eigenvalue weighted by molar-refractivity contribution is -0.144. The fourth-order valence-corrected chi connectivity index (χ4v) is 2.94. The van der Waals surface area contributed by atoms with Crippen molar-refractivity contribution in [1.82, 2.24) is 14.9 Å². The van der Waals surface area contributed by atoms with Gasteiger partial charge in [0.2, 0.25) is 17.6 Å². The van der Waals surface area contributed by atoms with E-state index in [1.165, 1.54) is 18.2 Å². The zero-order valence-corrected chi connectivity index (χ0v) is 13.1. The molecule has 10 heteroatoms. The van der Waals surface area contributed by atoms with E-state index in [0.717, 1.165) is 6.42 Å². The SMILES string of the molecule is NC(=O)C1CCCN1CC(=O)Nc1ccc2nc(C(F)(F)F)[nH]c2c1. The summed E-state index contributed by atoms with van der Waals surface area (Å²) in [4.78, 5) is 30.8. The molecule has 1 saturated heterocycles. The van der Waals surface area contributed by atoms with Crippen molar-refractivity contribution in [2.24, 2.45) is 5.73 Å². The summed E-state index contributed by atoms with van der Waals surface area (Å²) in [6.07, 6.45) is -3.17. The highest BCUT2D eigenvalue weighted by molar-refractivity contribution is 5.94. The standard InChI is InChI=1S/C15H16F3N5O2/c16-15(17,18)14-21-9-4-3-8(6-10(9)22-14)20-12(24)7-23-5-1-2-11(23)13(19)25/h3-4,6,11H,1-2,5,7H2,(H2,19,25)(H,20,24)(H,21,22). The maximum atomic E-state index is 12.7. The molecule has 1 aliphatic rings. The predicted molar refractivity (Wildman–Crippen MR) is 83.5 cm³/mol. The predicted octanol–water partition coefficient (Wildman–Crippen LogP) is 1.47. The average Bonchev–Trinajstić information content (AvgIpc) is 3.12. The molecule has 25 heavy (non-hydrogen) atoms. The van der Waals surface area contributed by atoms with E-state index >= 15 is 0 Å². The smallest absolute Gasteiger partial charge is 0.368 e. The van der Waals surface area contributed by atoms with Gasteiger partial charge in [-0.15, -0.1) is 0 Å². The van der Waals surface area contributed by atoms with Gasteiger partial charge in [0, 0.05) is 5.69 Å². The number of benzene rings is 1. The number of nitrogens with one attached hydrogen (secondary N) is 2. The number of aromatic amines is 1. The largest absolute Gasteiger partial charge is 0.449 e. The molecule has 0 saturated carbocycles. The number of nitrogens with two attached hydrogens (primary N) is 1. The molecule has 1 aliphatic heterocycles. The van der Waals surface area contributed by atoms with Gasteiger partial charge < -0.3 is 16.0 Å². The number of hydrogen-bond donors (Lipinski definition) is 3. The first-order chi connectivity index (χ1) is 11.7. The molecule has 2 heterocycles. The van der Waals surface area contributed by atoms with Gasteiger partial charge in [-0.1, -0.05) is 0 Å². The van der Waals surface area contributed by atoms with E-state index in [9.17, 15) is 22.8 Å². The number of imidazole rings is 1. The average molecular weight is 355 g/mol. The number of halogens is 3. The van der Waals surface area contributed by atoms with Crippen LogP contribution in [0.5, 0.6) is 0 Å². The molecule has 1 fully saturated rings. The molecule has 2 amide bonds. The minimum atomic E-state index is -4.57. The lowest BCUT2D eigenvalue weighted by atomic mass is 10.2. The first-order valence-electron chi connectivity index (χ1n) is 7.64. The number of primary amides is 1. The van der Waals surface area contributed by atoms with Crippen molar-refractivity contribution >= 4 is 28.5 Å². The van der Waals surface area contributed by atoms with E-state index in [-0.39, 0.29) is 23.5 Å². The molecule has 0 bridgehead atoms. The highest BCUT2D eigenvalue weighted by Crippen LogP contribution is 2.29. The fourth-order valence-electron chi connectivity index (χ4n) is 2.94. The summed E-state index contributed by atoms with van der Waals surface area (Å²) in [5.41, 5.74) is 5.96. The second-order valence-corrected chi connectivity index (χ2v) is 5.89. The number of nitrogens with zero attached hydrogens (tertiary/aromatic N) is 2. The fraction of sp³-hybridized carbons (Fsp3) is 0.400. The molecule has 1 aromatic heterocycles. The Balaban J connectivity index is 1.70. The van der Waals surface area contributed by atoms with Gasteiger partial charge in [-0.05, 0) is 37.6 Å². The van der Waals surface area contributed by atoms with Gasteiger partial charge in [0.15, 0.2) is 0 Å². The molecule has 3 rings (SSSR count). The minimum absolute atomic E-state index is 0.0115.